The standard InChI is InChI=1S/C17H15BrN2O4S/c1-10-7-13(18)14(8-11(10)2)19-16(21)9-20-17(22)12-5-3-4-6-15(12)25(20,23)24/h3-8H,9H2,1-2H3,(H,19,21). The summed E-state index contributed by atoms with van der Waals surface area (Å²) in [7, 11) is -4.00. The number of sulfonamides is 1. The number of anilines is 1. The molecule has 2 aromatic rings. The highest BCUT2D eigenvalue weighted by molar-refractivity contribution is 9.10. The molecular weight excluding hydrogens is 408 g/mol. The van der Waals surface area contributed by atoms with Crippen molar-refractivity contribution in [3.63, 3.8) is 0 Å². The van der Waals surface area contributed by atoms with Crippen molar-refractivity contribution in [3.05, 3.63) is 57.6 Å². The van der Waals surface area contributed by atoms with Crippen LogP contribution in [0.5, 0.6) is 0 Å². The molecule has 0 saturated carbocycles. The maximum atomic E-state index is 12.5. The highest BCUT2D eigenvalue weighted by atomic mass is 79.9. The fourth-order valence-electron chi connectivity index (χ4n) is 2.58. The molecule has 0 unspecified atom stereocenters. The van der Waals surface area contributed by atoms with Crippen molar-refractivity contribution in [3.8, 4) is 0 Å². The molecule has 1 aliphatic rings. The summed E-state index contributed by atoms with van der Waals surface area (Å²) in [6.45, 7) is 3.27. The number of nitrogens with one attached hydrogen (secondary N) is 1. The molecule has 1 aliphatic heterocycles. The molecular formula is C17H15BrN2O4S. The van der Waals surface area contributed by atoms with Gasteiger partial charge in [0.2, 0.25) is 5.91 Å². The van der Waals surface area contributed by atoms with E-state index in [1.165, 1.54) is 12.1 Å². The van der Waals surface area contributed by atoms with Gasteiger partial charge in [-0.3, -0.25) is 9.59 Å². The van der Waals surface area contributed by atoms with E-state index in [2.05, 4.69) is 21.2 Å². The molecule has 0 fully saturated rings. The van der Waals surface area contributed by atoms with Crippen LogP contribution in [0.3, 0.4) is 0 Å². The van der Waals surface area contributed by atoms with Gasteiger partial charge in [-0.2, -0.15) is 0 Å². The number of fused-ring (bicyclic) bond motifs is 1. The Bertz CT molecular complexity index is 1000. The first-order chi connectivity index (χ1) is 11.7. The molecule has 0 aliphatic carbocycles. The normalized spacial score (nSPS) is 15.2. The number of hydrogen-bond acceptors (Lipinski definition) is 4. The third kappa shape index (κ3) is 3.07. The number of benzene rings is 2. The van der Waals surface area contributed by atoms with Gasteiger partial charge >= 0.3 is 0 Å². The Morgan fingerprint density at radius 1 is 1.16 bits per heavy atom. The maximum Gasteiger partial charge on any atom is 0.269 e. The van der Waals surface area contributed by atoms with E-state index in [1.807, 2.05) is 19.9 Å². The van der Waals surface area contributed by atoms with Gasteiger partial charge in [0.15, 0.2) is 0 Å². The molecule has 1 heterocycles. The lowest BCUT2D eigenvalue weighted by atomic mass is 10.1. The molecule has 130 valence electrons. The van der Waals surface area contributed by atoms with Crippen molar-refractivity contribution in [1.82, 2.24) is 4.31 Å². The first kappa shape index (κ1) is 17.6. The summed E-state index contributed by atoms with van der Waals surface area (Å²) in [4.78, 5) is 24.6. The predicted molar refractivity (Wildman–Crippen MR) is 96.9 cm³/mol. The van der Waals surface area contributed by atoms with Gasteiger partial charge in [-0.25, -0.2) is 12.7 Å². The molecule has 0 aromatic heterocycles. The number of halogens is 1. The van der Waals surface area contributed by atoms with Gasteiger partial charge in [0.05, 0.1) is 11.3 Å². The molecule has 0 atom stereocenters. The molecule has 0 saturated heterocycles. The molecule has 2 aromatic carbocycles. The van der Waals surface area contributed by atoms with Crippen LogP contribution in [0.25, 0.3) is 0 Å². The lowest BCUT2D eigenvalue weighted by Gasteiger charge is -2.16. The Labute approximate surface area is 154 Å². The van der Waals surface area contributed by atoms with E-state index in [0.29, 0.717) is 14.5 Å². The molecule has 2 amide bonds. The number of carbonyl (C=O) groups excluding carboxylic acids is 2. The van der Waals surface area contributed by atoms with Crippen LogP contribution in [-0.4, -0.2) is 31.1 Å². The second-order valence-electron chi connectivity index (χ2n) is 5.78. The first-order valence-corrected chi connectivity index (χ1v) is 9.68. The summed E-state index contributed by atoms with van der Waals surface area (Å²) in [5.41, 5.74) is 2.64. The van der Waals surface area contributed by atoms with Crippen molar-refractivity contribution in [2.75, 3.05) is 11.9 Å². The van der Waals surface area contributed by atoms with Gasteiger partial charge in [0.1, 0.15) is 11.4 Å². The first-order valence-electron chi connectivity index (χ1n) is 7.44. The Morgan fingerprint density at radius 2 is 1.80 bits per heavy atom. The number of carbonyl (C=O) groups is 2. The van der Waals surface area contributed by atoms with Crippen LogP contribution in [-0.2, 0) is 14.8 Å². The average molecular weight is 423 g/mol. The molecule has 25 heavy (non-hydrogen) atoms. The van der Waals surface area contributed by atoms with Crippen molar-refractivity contribution in [2.24, 2.45) is 0 Å². The van der Waals surface area contributed by atoms with E-state index in [9.17, 15) is 18.0 Å². The van der Waals surface area contributed by atoms with Crippen LogP contribution < -0.4 is 5.32 Å². The molecule has 0 radical (unpaired) electrons. The van der Waals surface area contributed by atoms with Gasteiger partial charge in [0.25, 0.3) is 15.9 Å². The van der Waals surface area contributed by atoms with E-state index in [4.69, 9.17) is 0 Å². The molecule has 6 nitrogen and oxygen atoms in total. The Morgan fingerprint density at radius 3 is 2.48 bits per heavy atom. The fraction of sp³-hybridized carbons (Fsp3) is 0.176. The second-order valence-corrected chi connectivity index (χ2v) is 8.46. The SMILES string of the molecule is Cc1cc(Br)c(NC(=O)CN2C(=O)c3ccccc3S2(=O)=O)cc1C. The van der Waals surface area contributed by atoms with Crippen LogP contribution >= 0.6 is 15.9 Å². The third-order valence-electron chi connectivity index (χ3n) is 4.06. The third-order valence-corrected chi connectivity index (χ3v) is 6.50. The van der Waals surface area contributed by atoms with Gasteiger partial charge in [0, 0.05) is 4.47 Å². The minimum atomic E-state index is -4.00. The maximum absolute atomic E-state index is 12.5. The van der Waals surface area contributed by atoms with E-state index in [1.54, 1.807) is 18.2 Å². The number of aryl methyl sites for hydroxylation is 2. The van der Waals surface area contributed by atoms with Crippen molar-refractivity contribution < 1.29 is 18.0 Å². The molecule has 0 spiro atoms. The largest absolute Gasteiger partial charge is 0.323 e. The zero-order chi connectivity index (χ0) is 18.4. The summed E-state index contributed by atoms with van der Waals surface area (Å²) < 4.78 is 26.2. The molecule has 0 bridgehead atoms. The van der Waals surface area contributed by atoms with Crippen LogP contribution in [0, 0.1) is 13.8 Å². The highest BCUT2D eigenvalue weighted by Crippen LogP contribution is 2.30. The van der Waals surface area contributed by atoms with Crippen molar-refractivity contribution in [2.45, 2.75) is 18.7 Å². The van der Waals surface area contributed by atoms with Gasteiger partial charge < -0.3 is 5.32 Å². The van der Waals surface area contributed by atoms with E-state index in [0.717, 1.165) is 11.1 Å². The van der Waals surface area contributed by atoms with Crippen LogP contribution in [0.4, 0.5) is 5.69 Å². The van der Waals surface area contributed by atoms with Crippen molar-refractivity contribution in [1.29, 1.82) is 0 Å². The Balaban J connectivity index is 1.83. The number of rotatable bonds is 3. The minimum absolute atomic E-state index is 0.0693. The summed E-state index contributed by atoms with van der Waals surface area (Å²) >= 11 is 3.37. The monoisotopic (exact) mass is 422 g/mol. The van der Waals surface area contributed by atoms with Crippen LogP contribution in [0.1, 0.15) is 21.5 Å². The predicted octanol–water partition coefficient (Wildman–Crippen LogP) is 2.85. The van der Waals surface area contributed by atoms with Crippen LogP contribution in [0.2, 0.25) is 0 Å². The highest BCUT2D eigenvalue weighted by Gasteiger charge is 2.41. The Kier molecular flexibility index (Phi) is 4.42. The molecule has 3 rings (SSSR count). The minimum Gasteiger partial charge on any atom is -0.323 e. The summed E-state index contributed by atoms with van der Waals surface area (Å²) in [5.74, 6) is -1.28. The van der Waals surface area contributed by atoms with Crippen LogP contribution in [0.15, 0.2) is 45.8 Å². The van der Waals surface area contributed by atoms with E-state index in [-0.39, 0.29) is 10.5 Å². The second kappa shape index (κ2) is 6.27. The number of amides is 2. The van der Waals surface area contributed by atoms with Gasteiger partial charge in [-0.05, 0) is 65.2 Å². The van der Waals surface area contributed by atoms with Crippen molar-refractivity contribution >= 4 is 43.5 Å². The number of nitrogens with zero attached hydrogens (tertiary/aromatic N) is 1. The quantitative estimate of drug-likeness (QED) is 0.823. The zero-order valence-electron chi connectivity index (χ0n) is 13.5. The molecule has 1 N–H and O–H groups in total. The van der Waals surface area contributed by atoms with Gasteiger partial charge in [-0.15, -0.1) is 0 Å². The lowest BCUT2D eigenvalue weighted by Crippen LogP contribution is -2.37. The Hall–Kier alpha value is -2.19. The zero-order valence-corrected chi connectivity index (χ0v) is 15.9. The van der Waals surface area contributed by atoms with E-state index < -0.39 is 28.4 Å². The summed E-state index contributed by atoms with van der Waals surface area (Å²) in [6, 6.07) is 9.57. The fourth-order valence-corrected chi connectivity index (χ4v) is 4.67. The topological polar surface area (TPSA) is 83.6 Å². The summed E-state index contributed by atoms with van der Waals surface area (Å²) in [5, 5.41) is 2.65. The summed E-state index contributed by atoms with van der Waals surface area (Å²) in [6.07, 6.45) is 0. The molecule has 8 heteroatoms. The smallest absolute Gasteiger partial charge is 0.269 e. The van der Waals surface area contributed by atoms with E-state index >= 15 is 0 Å². The number of hydrogen-bond donors (Lipinski definition) is 1. The van der Waals surface area contributed by atoms with Gasteiger partial charge in [-0.1, -0.05) is 12.1 Å². The average Bonchev–Trinajstić information content (AvgIpc) is 2.74. The lowest BCUT2D eigenvalue weighted by molar-refractivity contribution is -0.116.